The van der Waals surface area contributed by atoms with Crippen molar-refractivity contribution >= 4 is 0 Å². The van der Waals surface area contributed by atoms with Crippen molar-refractivity contribution in [2.24, 2.45) is 0 Å². The fraction of sp³-hybridized carbons (Fsp3) is 0.438. The summed E-state index contributed by atoms with van der Waals surface area (Å²) >= 11 is 0. The number of methoxy groups -OCH3 is 2. The van der Waals surface area contributed by atoms with Gasteiger partial charge in [0.1, 0.15) is 0 Å². The first-order valence-electron chi connectivity index (χ1n) is 7.09. The molecule has 1 N–H and O–H groups in total. The Labute approximate surface area is 125 Å². The minimum Gasteiger partial charge on any atom is -0.493 e. The van der Waals surface area contributed by atoms with Crippen LogP contribution in [-0.2, 0) is 13.1 Å². The van der Waals surface area contributed by atoms with Crippen LogP contribution in [0.2, 0.25) is 0 Å². The van der Waals surface area contributed by atoms with Gasteiger partial charge in [-0.3, -0.25) is 4.68 Å². The smallest absolute Gasteiger partial charge is 0.161 e. The number of hydrogen-bond donors (Lipinski definition) is 1. The average molecular weight is 289 g/mol. The Morgan fingerprint density at radius 1 is 1.10 bits per heavy atom. The van der Waals surface area contributed by atoms with Crippen LogP contribution in [0.25, 0.3) is 0 Å². The summed E-state index contributed by atoms with van der Waals surface area (Å²) in [4.78, 5) is 0. The minimum atomic E-state index is 0.393. The van der Waals surface area contributed by atoms with E-state index in [1.165, 1.54) is 0 Å². The third-order valence-corrected chi connectivity index (χ3v) is 3.28. The van der Waals surface area contributed by atoms with Gasteiger partial charge in [-0.1, -0.05) is 6.07 Å². The zero-order valence-electron chi connectivity index (χ0n) is 13.1. The molecule has 5 nitrogen and oxygen atoms in total. The second-order valence-corrected chi connectivity index (χ2v) is 5.17. The van der Waals surface area contributed by atoms with Crippen LogP contribution in [-0.4, -0.2) is 24.0 Å². The lowest BCUT2D eigenvalue weighted by Gasteiger charge is -2.10. The first-order chi connectivity index (χ1) is 10.1. The van der Waals surface area contributed by atoms with Crippen molar-refractivity contribution in [3.8, 4) is 11.5 Å². The van der Waals surface area contributed by atoms with Crippen molar-refractivity contribution in [2.45, 2.75) is 33.0 Å². The molecule has 0 fully saturated rings. The molecular formula is C16H23N3O2. The molecule has 114 valence electrons. The first-order valence-corrected chi connectivity index (χ1v) is 7.09. The molecule has 0 aliphatic carbocycles. The lowest BCUT2D eigenvalue weighted by Crippen LogP contribution is -2.14. The number of nitrogens with one attached hydrogen (secondary N) is 1. The number of nitrogens with zero attached hydrogens (tertiary/aromatic N) is 2. The molecule has 2 rings (SSSR count). The van der Waals surface area contributed by atoms with Crippen molar-refractivity contribution in [3.05, 3.63) is 41.7 Å². The molecule has 0 aliphatic heterocycles. The molecule has 0 saturated heterocycles. The van der Waals surface area contributed by atoms with E-state index in [-0.39, 0.29) is 0 Å². The van der Waals surface area contributed by atoms with Gasteiger partial charge < -0.3 is 14.8 Å². The summed E-state index contributed by atoms with van der Waals surface area (Å²) in [5.41, 5.74) is 2.19. The molecular weight excluding hydrogens is 266 g/mol. The van der Waals surface area contributed by atoms with Crippen LogP contribution < -0.4 is 14.8 Å². The van der Waals surface area contributed by atoms with E-state index in [9.17, 15) is 0 Å². The summed E-state index contributed by atoms with van der Waals surface area (Å²) in [5, 5.41) is 7.90. The SMILES string of the molecule is COc1ccc(CNCc2ccn(C(C)C)n2)cc1OC. The van der Waals surface area contributed by atoms with E-state index >= 15 is 0 Å². The number of benzene rings is 1. The van der Waals surface area contributed by atoms with Crippen LogP contribution in [0.4, 0.5) is 0 Å². The third-order valence-electron chi connectivity index (χ3n) is 3.28. The van der Waals surface area contributed by atoms with E-state index in [1.807, 2.05) is 35.1 Å². The highest BCUT2D eigenvalue weighted by molar-refractivity contribution is 5.42. The van der Waals surface area contributed by atoms with Gasteiger partial charge in [0.2, 0.25) is 0 Å². The van der Waals surface area contributed by atoms with Crippen molar-refractivity contribution < 1.29 is 9.47 Å². The van der Waals surface area contributed by atoms with Crippen LogP contribution in [0.15, 0.2) is 30.5 Å². The Morgan fingerprint density at radius 2 is 1.86 bits per heavy atom. The zero-order valence-corrected chi connectivity index (χ0v) is 13.1. The fourth-order valence-electron chi connectivity index (χ4n) is 2.08. The molecule has 0 bridgehead atoms. The van der Waals surface area contributed by atoms with Crippen molar-refractivity contribution in [1.82, 2.24) is 15.1 Å². The van der Waals surface area contributed by atoms with Gasteiger partial charge in [-0.15, -0.1) is 0 Å². The topological polar surface area (TPSA) is 48.3 Å². The first kappa shape index (κ1) is 15.4. The number of hydrogen-bond acceptors (Lipinski definition) is 4. The van der Waals surface area contributed by atoms with E-state index in [0.717, 1.165) is 35.8 Å². The average Bonchev–Trinajstić information content (AvgIpc) is 2.96. The predicted molar refractivity (Wildman–Crippen MR) is 82.7 cm³/mol. The summed E-state index contributed by atoms with van der Waals surface area (Å²) in [5.74, 6) is 1.50. The summed E-state index contributed by atoms with van der Waals surface area (Å²) in [6.45, 7) is 5.74. The van der Waals surface area contributed by atoms with E-state index in [4.69, 9.17) is 9.47 Å². The Morgan fingerprint density at radius 3 is 2.48 bits per heavy atom. The van der Waals surface area contributed by atoms with Gasteiger partial charge in [0, 0.05) is 25.3 Å². The molecule has 0 unspecified atom stereocenters. The molecule has 1 aromatic heterocycles. The van der Waals surface area contributed by atoms with Crippen LogP contribution >= 0.6 is 0 Å². The largest absolute Gasteiger partial charge is 0.493 e. The standard InChI is InChI=1S/C16H23N3O2/c1-12(2)19-8-7-14(18-19)11-17-10-13-5-6-15(20-3)16(9-13)21-4/h5-9,12,17H,10-11H2,1-4H3. The van der Waals surface area contributed by atoms with Gasteiger partial charge in [0.05, 0.1) is 19.9 Å². The minimum absolute atomic E-state index is 0.393. The Balaban J connectivity index is 1.90. The van der Waals surface area contributed by atoms with Gasteiger partial charge in [0.25, 0.3) is 0 Å². The van der Waals surface area contributed by atoms with Crippen LogP contribution in [0.3, 0.4) is 0 Å². The van der Waals surface area contributed by atoms with Crippen LogP contribution in [0.5, 0.6) is 11.5 Å². The normalized spacial score (nSPS) is 10.9. The quantitative estimate of drug-likeness (QED) is 0.851. The molecule has 0 amide bonds. The highest BCUT2D eigenvalue weighted by Gasteiger charge is 2.05. The third kappa shape index (κ3) is 3.98. The molecule has 2 aromatic rings. The van der Waals surface area contributed by atoms with E-state index in [0.29, 0.717) is 6.04 Å². The van der Waals surface area contributed by atoms with Crippen molar-refractivity contribution in [1.29, 1.82) is 0 Å². The molecule has 1 aromatic carbocycles. The molecule has 0 spiro atoms. The number of rotatable bonds is 7. The van der Waals surface area contributed by atoms with Crippen molar-refractivity contribution in [3.63, 3.8) is 0 Å². The van der Waals surface area contributed by atoms with E-state index < -0.39 is 0 Å². The van der Waals surface area contributed by atoms with Gasteiger partial charge in [0.15, 0.2) is 11.5 Å². The van der Waals surface area contributed by atoms with E-state index in [1.54, 1.807) is 14.2 Å². The highest BCUT2D eigenvalue weighted by Crippen LogP contribution is 2.27. The Bertz CT molecular complexity index is 579. The number of ether oxygens (including phenoxy) is 2. The molecule has 0 saturated carbocycles. The maximum absolute atomic E-state index is 5.30. The van der Waals surface area contributed by atoms with Crippen LogP contribution in [0, 0.1) is 0 Å². The van der Waals surface area contributed by atoms with Gasteiger partial charge in [-0.2, -0.15) is 5.10 Å². The predicted octanol–water partition coefficient (Wildman–Crippen LogP) is 2.77. The van der Waals surface area contributed by atoms with Gasteiger partial charge in [-0.05, 0) is 37.6 Å². The molecule has 0 radical (unpaired) electrons. The maximum atomic E-state index is 5.30. The Kier molecular flexibility index (Phi) is 5.22. The molecule has 5 heteroatoms. The second-order valence-electron chi connectivity index (χ2n) is 5.17. The van der Waals surface area contributed by atoms with Crippen molar-refractivity contribution in [2.75, 3.05) is 14.2 Å². The molecule has 0 atom stereocenters. The lowest BCUT2D eigenvalue weighted by atomic mass is 10.2. The lowest BCUT2D eigenvalue weighted by molar-refractivity contribution is 0.354. The van der Waals surface area contributed by atoms with Gasteiger partial charge >= 0.3 is 0 Å². The van der Waals surface area contributed by atoms with E-state index in [2.05, 4.69) is 24.3 Å². The number of aromatic nitrogens is 2. The summed E-state index contributed by atoms with van der Waals surface area (Å²) in [7, 11) is 3.29. The molecule has 0 aliphatic rings. The maximum Gasteiger partial charge on any atom is 0.161 e. The van der Waals surface area contributed by atoms with Crippen LogP contribution in [0.1, 0.15) is 31.1 Å². The summed E-state index contributed by atoms with van der Waals surface area (Å²) < 4.78 is 12.5. The Hall–Kier alpha value is -2.01. The summed E-state index contributed by atoms with van der Waals surface area (Å²) in [6.07, 6.45) is 2.01. The monoisotopic (exact) mass is 289 g/mol. The van der Waals surface area contributed by atoms with Gasteiger partial charge in [-0.25, -0.2) is 0 Å². The zero-order chi connectivity index (χ0) is 15.2. The fourth-order valence-corrected chi connectivity index (χ4v) is 2.08. The second kappa shape index (κ2) is 7.13. The summed E-state index contributed by atoms with van der Waals surface area (Å²) in [6, 6.07) is 8.37. The molecule has 21 heavy (non-hydrogen) atoms. The highest BCUT2D eigenvalue weighted by atomic mass is 16.5. The molecule has 1 heterocycles.